The Hall–Kier alpha value is -4.25. The molecule has 11 heteroatoms. The second kappa shape index (κ2) is 8.47. The van der Waals surface area contributed by atoms with Crippen LogP contribution in [-0.4, -0.2) is 31.4 Å². The van der Waals surface area contributed by atoms with E-state index in [1.807, 2.05) is 0 Å². The predicted molar refractivity (Wildman–Crippen MR) is 116 cm³/mol. The van der Waals surface area contributed by atoms with E-state index in [-0.39, 0.29) is 22.1 Å². The predicted octanol–water partition coefficient (Wildman–Crippen LogP) is 2.64. The van der Waals surface area contributed by atoms with E-state index in [2.05, 4.69) is 20.0 Å². The summed E-state index contributed by atoms with van der Waals surface area (Å²) in [5.41, 5.74) is -0.399. The molecule has 2 aromatic heterocycles. The second-order valence-electron chi connectivity index (χ2n) is 6.51. The van der Waals surface area contributed by atoms with Crippen LogP contribution in [0.15, 0.2) is 81.1 Å². The molecule has 2 aromatic carbocycles. The number of fused-ring (bicyclic) bond motifs is 1. The number of methoxy groups -OCH3 is 1. The molecule has 10 nitrogen and oxygen atoms in total. The molecule has 0 aliphatic rings. The van der Waals surface area contributed by atoms with E-state index >= 15 is 0 Å². The van der Waals surface area contributed by atoms with E-state index < -0.39 is 21.6 Å². The Labute approximate surface area is 181 Å². The number of carbonyl (C=O) groups is 1. The number of benzene rings is 2. The fraction of sp³-hybridized carbons (Fsp3) is 0.0476. The standard InChI is InChI=1S/C21H16N4O6S/c1-30-15-5-8-18-13(11-15)12-17(20(27)31-18)19(26)24-14-3-6-16(7-4-14)32(28,29)25-21-22-9-2-10-23-21/h2-12H,1H3,(H,24,26)(H,22,23,25). The summed E-state index contributed by atoms with van der Waals surface area (Å²) in [5, 5.41) is 3.07. The van der Waals surface area contributed by atoms with Crippen molar-refractivity contribution in [2.45, 2.75) is 4.90 Å². The van der Waals surface area contributed by atoms with Crippen LogP contribution in [0.5, 0.6) is 5.75 Å². The molecular weight excluding hydrogens is 436 g/mol. The summed E-state index contributed by atoms with van der Waals surface area (Å²) in [6.07, 6.45) is 2.81. The first kappa shape index (κ1) is 21.0. The van der Waals surface area contributed by atoms with Gasteiger partial charge in [0.2, 0.25) is 5.95 Å². The van der Waals surface area contributed by atoms with Gasteiger partial charge >= 0.3 is 5.63 Å². The first-order chi connectivity index (χ1) is 15.4. The summed E-state index contributed by atoms with van der Waals surface area (Å²) in [7, 11) is -2.41. The summed E-state index contributed by atoms with van der Waals surface area (Å²) < 4.78 is 37.5. The number of sulfonamides is 1. The molecule has 0 saturated heterocycles. The van der Waals surface area contributed by atoms with Crippen LogP contribution in [0.3, 0.4) is 0 Å². The van der Waals surface area contributed by atoms with Crippen molar-refractivity contribution in [3.8, 4) is 5.75 Å². The van der Waals surface area contributed by atoms with E-state index in [1.165, 1.54) is 49.8 Å². The largest absolute Gasteiger partial charge is 0.497 e. The van der Waals surface area contributed by atoms with Gasteiger partial charge in [-0.15, -0.1) is 0 Å². The highest BCUT2D eigenvalue weighted by molar-refractivity contribution is 7.92. The summed E-state index contributed by atoms with van der Waals surface area (Å²) in [4.78, 5) is 32.4. The summed E-state index contributed by atoms with van der Waals surface area (Å²) in [6.45, 7) is 0. The van der Waals surface area contributed by atoms with Crippen LogP contribution in [0.2, 0.25) is 0 Å². The van der Waals surface area contributed by atoms with Crippen LogP contribution in [-0.2, 0) is 10.0 Å². The van der Waals surface area contributed by atoms with Crippen molar-refractivity contribution in [2.75, 3.05) is 17.1 Å². The lowest BCUT2D eigenvalue weighted by atomic mass is 10.1. The van der Waals surface area contributed by atoms with Gasteiger partial charge in [-0.25, -0.2) is 27.9 Å². The van der Waals surface area contributed by atoms with Crippen LogP contribution < -0.4 is 20.4 Å². The molecule has 0 saturated carbocycles. The lowest BCUT2D eigenvalue weighted by Gasteiger charge is -2.08. The zero-order valence-electron chi connectivity index (χ0n) is 16.6. The Kier molecular flexibility index (Phi) is 5.56. The molecule has 0 radical (unpaired) electrons. The minimum Gasteiger partial charge on any atom is -0.497 e. The fourth-order valence-corrected chi connectivity index (χ4v) is 3.79. The normalized spacial score (nSPS) is 11.2. The summed E-state index contributed by atoms with van der Waals surface area (Å²) >= 11 is 0. The number of hydrogen-bond acceptors (Lipinski definition) is 8. The molecule has 0 spiro atoms. The van der Waals surface area contributed by atoms with Gasteiger partial charge in [-0.3, -0.25) is 4.79 Å². The van der Waals surface area contributed by atoms with E-state index in [0.717, 1.165) is 0 Å². The lowest BCUT2D eigenvalue weighted by molar-refractivity contribution is 0.102. The number of aromatic nitrogens is 2. The topological polar surface area (TPSA) is 140 Å². The van der Waals surface area contributed by atoms with Crippen LogP contribution in [0, 0.1) is 0 Å². The monoisotopic (exact) mass is 452 g/mol. The zero-order chi connectivity index (χ0) is 22.7. The maximum atomic E-state index is 12.6. The molecule has 0 unspecified atom stereocenters. The van der Waals surface area contributed by atoms with E-state index in [1.54, 1.807) is 24.3 Å². The average Bonchev–Trinajstić information content (AvgIpc) is 2.79. The number of amides is 1. The van der Waals surface area contributed by atoms with E-state index in [0.29, 0.717) is 16.7 Å². The van der Waals surface area contributed by atoms with Crippen LogP contribution >= 0.6 is 0 Å². The molecule has 2 heterocycles. The van der Waals surface area contributed by atoms with Gasteiger partial charge in [-0.05, 0) is 54.6 Å². The molecule has 0 bridgehead atoms. The van der Waals surface area contributed by atoms with Gasteiger partial charge < -0.3 is 14.5 Å². The van der Waals surface area contributed by atoms with Gasteiger partial charge in [-0.1, -0.05) is 0 Å². The van der Waals surface area contributed by atoms with Crippen LogP contribution in [0.4, 0.5) is 11.6 Å². The van der Waals surface area contributed by atoms with Crippen LogP contribution in [0.1, 0.15) is 10.4 Å². The van der Waals surface area contributed by atoms with Gasteiger partial charge in [0, 0.05) is 23.5 Å². The maximum absolute atomic E-state index is 12.6. The Morgan fingerprint density at radius 3 is 2.44 bits per heavy atom. The van der Waals surface area contributed by atoms with Crippen molar-refractivity contribution < 1.29 is 22.4 Å². The van der Waals surface area contributed by atoms with Gasteiger partial charge in [0.1, 0.15) is 16.9 Å². The van der Waals surface area contributed by atoms with Crippen molar-refractivity contribution in [2.24, 2.45) is 0 Å². The number of nitrogens with one attached hydrogen (secondary N) is 2. The first-order valence-electron chi connectivity index (χ1n) is 9.19. The number of ether oxygens (including phenoxy) is 1. The van der Waals surface area contributed by atoms with Crippen molar-refractivity contribution in [3.63, 3.8) is 0 Å². The molecule has 162 valence electrons. The van der Waals surface area contributed by atoms with E-state index in [9.17, 15) is 18.0 Å². The van der Waals surface area contributed by atoms with Gasteiger partial charge in [-0.2, -0.15) is 0 Å². The van der Waals surface area contributed by atoms with Crippen molar-refractivity contribution >= 4 is 38.5 Å². The summed E-state index contributed by atoms with van der Waals surface area (Å²) in [5.74, 6) is -0.219. The molecule has 4 aromatic rings. The Bertz CT molecular complexity index is 1450. The number of nitrogens with zero attached hydrogens (tertiary/aromatic N) is 2. The molecule has 0 fully saturated rings. The molecule has 32 heavy (non-hydrogen) atoms. The van der Waals surface area contributed by atoms with E-state index in [4.69, 9.17) is 9.15 Å². The molecule has 0 aliphatic carbocycles. The average molecular weight is 452 g/mol. The summed E-state index contributed by atoms with van der Waals surface area (Å²) in [6, 6.07) is 13.2. The molecule has 0 atom stereocenters. The molecule has 2 N–H and O–H groups in total. The Morgan fingerprint density at radius 2 is 1.75 bits per heavy atom. The lowest BCUT2D eigenvalue weighted by Crippen LogP contribution is -2.20. The van der Waals surface area contributed by atoms with Gasteiger partial charge in [0.05, 0.1) is 12.0 Å². The van der Waals surface area contributed by atoms with Gasteiger partial charge in [0.15, 0.2) is 0 Å². The van der Waals surface area contributed by atoms with Gasteiger partial charge in [0.25, 0.3) is 15.9 Å². The third-order valence-electron chi connectivity index (χ3n) is 4.40. The Morgan fingerprint density at radius 1 is 1.03 bits per heavy atom. The highest BCUT2D eigenvalue weighted by Crippen LogP contribution is 2.21. The fourth-order valence-electron chi connectivity index (χ4n) is 2.83. The minimum absolute atomic E-state index is 0.0553. The number of anilines is 2. The zero-order valence-corrected chi connectivity index (χ0v) is 17.4. The SMILES string of the molecule is COc1ccc2oc(=O)c(C(=O)Nc3ccc(S(=O)(=O)Nc4ncccn4)cc3)cc2c1. The third kappa shape index (κ3) is 4.42. The maximum Gasteiger partial charge on any atom is 0.349 e. The molecule has 4 rings (SSSR count). The number of hydrogen-bond donors (Lipinski definition) is 2. The highest BCUT2D eigenvalue weighted by Gasteiger charge is 2.17. The third-order valence-corrected chi connectivity index (χ3v) is 5.74. The second-order valence-corrected chi connectivity index (χ2v) is 8.19. The minimum atomic E-state index is -3.91. The first-order valence-corrected chi connectivity index (χ1v) is 10.7. The number of rotatable bonds is 6. The van der Waals surface area contributed by atoms with Crippen molar-refractivity contribution in [1.82, 2.24) is 9.97 Å². The van der Waals surface area contributed by atoms with Crippen molar-refractivity contribution in [1.29, 1.82) is 0 Å². The quantitative estimate of drug-likeness (QED) is 0.426. The van der Waals surface area contributed by atoms with Crippen LogP contribution in [0.25, 0.3) is 11.0 Å². The highest BCUT2D eigenvalue weighted by atomic mass is 32.2. The molecular formula is C21H16N4O6S. The smallest absolute Gasteiger partial charge is 0.349 e. The molecule has 1 amide bonds. The molecule has 0 aliphatic heterocycles. The number of carbonyl (C=O) groups excluding carboxylic acids is 1. The van der Waals surface area contributed by atoms with Crippen molar-refractivity contribution in [3.05, 3.63) is 83.0 Å². The Balaban J connectivity index is 1.54.